The molecule has 0 saturated carbocycles. The number of rotatable bonds is 18. The van der Waals surface area contributed by atoms with Crippen LogP contribution in [0.4, 0.5) is 0 Å². The van der Waals surface area contributed by atoms with Gasteiger partial charge in [0.2, 0.25) is 0 Å². The Hall–Kier alpha value is -1.18. The van der Waals surface area contributed by atoms with Crippen molar-refractivity contribution in [2.75, 3.05) is 6.16 Å². The van der Waals surface area contributed by atoms with Crippen LogP contribution in [0.25, 0.3) is 0 Å². The summed E-state index contributed by atoms with van der Waals surface area (Å²) in [5, 5.41) is 0. The van der Waals surface area contributed by atoms with Crippen molar-refractivity contribution in [1.29, 1.82) is 0 Å². The third-order valence-corrected chi connectivity index (χ3v) is 8.10. The largest absolute Gasteiger partial charge is 1.00 e. The Kier molecular flexibility index (Phi) is 16.4. The van der Waals surface area contributed by atoms with Crippen molar-refractivity contribution in [2.24, 2.45) is 0 Å². The van der Waals surface area contributed by atoms with Crippen LogP contribution < -0.4 is 24.0 Å². The summed E-state index contributed by atoms with van der Waals surface area (Å²) in [6, 6.07) is 33.5. The molecule has 0 aliphatic carbocycles. The highest BCUT2D eigenvalue weighted by Crippen LogP contribution is 2.43. The third kappa shape index (κ3) is 9.94. The maximum atomic E-state index is 2.32. The predicted octanol–water partition coefficient (Wildman–Crippen LogP) is 7.09. The van der Waals surface area contributed by atoms with Crippen LogP contribution in [-0.4, -0.2) is 6.16 Å². The number of benzene rings is 3. The lowest BCUT2D eigenvalue weighted by Crippen LogP contribution is -3.00. The van der Waals surface area contributed by atoms with Crippen LogP contribution >= 0.6 is 9.24 Å². The molecule has 0 aliphatic heterocycles. The molecule has 0 saturated heterocycles. The average molecular weight is 615 g/mol. The van der Waals surface area contributed by atoms with Gasteiger partial charge in [0, 0.05) is 5.41 Å². The summed E-state index contributed by atoms with van der Waals surface area (Å²) in [5.74, 6) is 0. The summed E-state index contributed by atoms with van der Waals surface area (Å²) < 4.78 is 0. The van der Waals surface area contributed by atoms with Crippen LogP contribution in [0, 0.1) is 0 Å². The first-order valence-corrected chi connectivity index (χ1v) is 15.3. The third-order valence-electron chi connectivity index (χ3n) is 7.60. The SMILES string of the molecule is [I-].[PH3+]CCCCCCCCCCCCCCCC(c1ccccc1)(c1ccccc1)c1ccccc1. The molecule has 0 fully saturated rings. The van der Waals surface area contributed by atoms with E-state index in [1.807, 2.05) is 0 Å². The molecule has 36 heavy (non-hydrogen) atoms. The first kappa shape index (κ1) is 31.0. The van der Waals surface area contributed by atoms with Gasteiger partial charge >= 0.3 is 0 Å². The molecular formula is C34H48IP. The van der Waals surface area contributed by atoms with E-state index < -0.39 is 0 Å². The molecule has 0 amide bonds. The predicted molar refractivity (Wildman–Crippen MR) is 160 cm³/mol. The van der Waals surface area contributed by atoms with Crippen molar-refractivity contribution in [3.05, 3.63) is 108 Å². The second kappa shape index (κ2) is 19.0. The maximum absolute atomic E-state index is 2.32. The molecule has 196 valence electrons. The van der Waals surface area contributed by atoms with Gasteiger partial charge in [-0.3, -0.25) is 0 Å². The highest BCUT2D eigenvalue weighted by atomic mass is 127. The molecule has 0 N–H and O–H groups in total. The smallest absolute Gasteiger partial charge is 0.0526 e. The Balaban J connectivity index is 0.00000456. The Labute approximate surface area is 241 Å². The zero-order valence-electron chi connectivity index (χ0n) is 22.4. The van der Waals surface area contributed by atoms with Gasteiger partial charge in [-0.05, 0) is 45.2 Å². The normalized spacial score (nSPS) is 11.3. The molecule has 0 heterocycles. The van der Waals surface area contributed by atoms with E-state index in [1.54, 1.807) is 0 Å². The van der Waals surface area contributed by atoms with E-state index in [0.717, 1.165) is 6.42 Å². The van der Waals surface area contributed by atoms with E-state index in [2.05, 4.69) is 100 Å². The average Bonchev–Trinajstić information content (AvgIpc) is 2.93. The number of halogens is 1. The van der Waals surface area contributed by atoms with Gasteiger partial charge in [0.05, 0.1) is 6.16 Å². The molecule has 0 aromatic heterocycles. The molecule has 2 heteroatoms. The summed E-state index contributed by atoms with van der Waals surface area (Å²) in [5.41, 5.74) is 4.15. The fourth-order valence-electron chi connectivity index (χ4n) is 5.61. The van der Waals surface area contributed by atoms with Gasteiger partial charge in [-0.2, -0.15) is 0 Å². The van der Waals surface area contributed by atoms with Gasteiger partial charge in [-0.1, -0.05) is 162 Å². The van der Waals surface area contributed by atoms with Gasteiger partial charge in [0.25, 0.3) is 0 Å². The molecule has 1 atom stereocenters. The van der Waals surface area contributed by atoms with Crippen LogP contribution in [0.15, 0.2) is 91.0 Å². The zero-order chi connectivity index (χ0) is 24.4. The van der Waals surface area contributed by atoms with Crippen molar-refractivity contribution in [1.82, 2.24) is 0 Å². The van der Waals surface area contributed by atoms with Gasteiger partial charge < -0.3 is 24.0 Å². The number of hydrogen-bond donors (Lipinski definition) is 0. The Morgan fingerprint density at radius 3 is 0.972 bits per heavy atom. The molecular weight excluding hydrogens is 566 g/mol. The monoisotopic (exact) mass is 614 g/mol. The summed E-state index contributed by atoms with van der Waals surface area (Å²) in [6.07, 6.45) is 20.9. The first-order chi connectivity index (χ1) is 17.4. The Morgan fingerprint density at radius 2 is 0.667 bits per heavy atom. The number of unbranched alkanes of at least 4 members (excludes halogenated alkanes) is 12. The topological polar surface area (TPSA) is 0 Å². The highest BCUT2D eigenvalue weighted by Gasteiger charge is 2.35. The van der Waals surface area contributed by atoms with Crippen LogP contribution in [-0.2, 0) is 5.41 Å². The lowest BCUT2D eigenvalue weighted by molar-refractivity contribution is -0.00000709. The fraction of sp³-hybridized carbons (Fsp3) is 0.471. The standard InChI is InChI=1S/C34H47P.HI/c35-30-22-11-9-7-5-3-1-2-4-6-8-10-21-29-34(31-23-15-12-16-24-31,32-25-17-13-18-26-32)33-27-19-14-20-28-33;/h12-20,23-28H,1-11,21-22,29-30,35H2;1H. The van der Waals surface area contributed by atoms with Crippen LogP contribution in [0.3, 0.4) is 0 Å². The van der Waals surface area contributed by atoms with Crippen molar-refractivity contribution >= 4 is 9.24 Å². The second-order valence-electron chi connectivity index (χ2n) is 10.2. The summed E-state index contributed by atoms with van der Waals surface area (Å²) >= 11 is 0. The van der Waals surface area contributed by atoms with E-state index in [-0.39, 0.29) is 29.4 Å². The van der Waals surface area contributed by atoms with E-state index in [0.29, 0.717) is 0 Å². The molecule has 1 unspecified atom stereocenters. The summed E-state index contributed by atoms with van der Waals surface area (Å²) in [6.45, 7) is 0. The van der Waals surface area contributed by atoms with E-state index in [9.17, 15) is 0 Å². The molecule has 0 radical (unpaired) electrons. The molecule has 0 spiro atoms. The van der Waals surface area contributed by atoms with Crippen molar-refractivity contribution < 1.29 is 24.0 Å². The summed E-state index contributed by atoms with van der Waals surface area (Å²) in [7, 11) is 2.12. The molecule has 3 rings (SSSR count). The summed E-state index contributed by atoms with van der Waals surface area (Å²) in [4.78, 5) is 0. The minimum absolute atomic E-state index is 0. The van der Waals surface area contributed by atoms with E-state index >= 15 is 0 Å². The fourth-order valence-corrected chi connectivity index (χ4v) is 5.97. The lowest BCUT2D eigenvalue weighted by atomic mass is 9.66. The second-order valence-corrected chi connectivity index (χ2v) is 10.9. The minimum atomic E-state index is -0.0820. The molecule has 0 bridgehead atoms. The van der Waals surface area contributed by atoms with Gasteiger partial charge in [0.1, 0.15) is 0 Å². The van der Waals surface area contributed by atoms with Crippen molar-refractivity contribution in [2.45, 2.75) is 95.3 Å². The maximum Gasteiger partial charge on any atom is 0.0526 e. The molecule has 0 nitrogen and oxygen atoms in total. The molecule has 0 aliphatic rings. The Morgan fingerprint density at radius 1 is 0.389 bits per heavy atom. The Bertz CT molecular complexity index is 798. The van der Waals surface area contributed by atoms with Gasteiger partial charge in [-0.25, -0.2) is 0 Å². The van der Waals surface area contributed by atoms with Crippen molar-refractivity contribution in [3.63, 3.8) is 0 Å². The lowest BCUT2D eigenvalue weighted by Gasteiger charge is -2.36. The van der Waals surface area contributed by atoms with E-state index in [4.69, 9.17) is 0 Å². The minimum Gasteiger partial charge on any atom is -1.00 e. The molecule has 3 aromatic carbocycles. The van der Waals surface area contributed by atoms with Crippen molar-refractivity contribution in [3.8, 4) is 0 Å². The van der Waals surface area contributed by atoms with Crippen LogP contribution in [0.2, 0.25) is 0 Å². The number of hydrogen-bond acceptors (Lipinski definition) is 0. The van der Waals surface area contributed by atoms with Crippen LogP contribution in [0.1, 0.15) is 107 Å². The highest BCUT2D eigenvalue weighted by molar-refractivity contribution is 7.16. The quantitative estimate of drug-likeness (QED) is 0.0621. The van der Waals surface area contributed by atoms with Gasteiger partial charge in [0.15, 0.2) is 0 Å². The van der Waals surface area contributed by atoms with E-state index in [1.165, 1.54) is 106 Å². The van der Waals surface area contributed by atoms with Crippen LogP contribution in [0.5, 0.6) is 0 Å². The zero-order valence-corrected chi connectivity index (χ0v) is 25.9. The molecule has 3 aromatic rings. The first-order valence-electron chi connectivity index (χ1n) is 14.3. The van der Waals surface area contributed by atoms with Gasteiger partial charge in [-0.15, -0.1) is 0 Å².